The highest BCUT2D eigenvalue weighted by atomic mass is 31.0. The van der Waals surface area contributed by atoms with Crippen LogP contribution >= 0.6 is 9.39 Å². The zero-order chi connectivity index (χ0) is 23.8. The van der Waals surface area contributed by atoms with Crippen molar-refractivity contribution in [2.45, 2.75) is 38.3 Å². The van der Waals surface area contributed by atoms with Gasteiger partial charge >= 0.3 is 5.97 Å². The Kier molecular flexibility index (Phi) is 6.52. The number of nitrogens with one attached hydrogen (secondary N) is 2. The van der Waals surface area contributed by atoms with Crippen LogP contribution in [-0.4, -0.2) is 54.9 Å². The third-order valence-electron chi connectivity index (χ3n) is 7.04. The monoisotopic (exact) mass is 479 g/mol. The number of carbonyl (C=O) groups is 2. The van der Waals surface area contributed by atoms with Gasteiger partial charge in [0.25, 0.3) is 0 Å². The molecule has 3 aliphatic rings. The van der Waals surface area contributed by atoms with Gasteiger partial charge in [0.05, 0.1) is 0 Å². The van der Waals surface area contributed by atoms with Crippen LogP contribution in [0.5, 0.6) is 5.75 Å². The van der Waals surface area contributed by atoms with Crippen LogP contribution in [0.25, 0.3) is 11.1 Å². The van der Waals surface area contributed by atoms with Gasteiger partial charge in [-0.15, -0.1) is 0 Å². The molecule has 2 aromatic rings. The number of benzene rings is 2. The van der Waals surface area contributed by atoms with E-state index < -0.39 is 0 Å². The molecule has 1 aliphatic carbocycles. The predicted molar refractivity (Wildman–Crippen MR) is 134 cm³/mol. The molecule has 0 saturated carbocycles. The minimum atomic E-state index is -0.354. The van der Waals surface area contributed by atoms with Crippen LogP contribution in [0.3, 0.4) is 0 Å². The Morgan fingerprint density at radius 1 is 1.18 bits per heavy atom. The Bertz CT molecular complexity index is 1160. The summed E-state index contributed by atoms with van der Waals surface area (Å²) < 4.78 is 13.3. The fourth-order valence-corrected chi connectivity index (χ4v) is 5.81. The molecule has 178 valence electrons. The van der Waals surface area contributed by atoms with E-state index in [0.29, 0.717) is 23.8 Å². The van der Waals surface area contributed by atoms with Crippen molar-refractivity contribution in [3.8, 4) is 16.9 Å². The van der Waals surface area contributed by atoms with Gasteiger partial charge in [0.2, 0.25) is 0 Å². The van der Waals surface area contributed by atoms with Crippen LogP contribution in [0.1, 0.15) is 46.3 Å². The summed E-state index contributed by atoms with van der Waals surface area (Å²) in [6, 6.07) is 9.39. The zero-order valence-electron chi connectivity index (χ0n) is 19.4. The molecule has 1 saturated heterocycles. The molecule has 0 amide bonds. The lowest BCUT2D eigenvalue weighted by Crippen LogP contribution is -2.32. The van der Waals surface area contributed by atoms with E-state index >= 15 is 0 Å². The summed E-state index contributed by atoms with van der Waals surface area (Å²) in [7, 11) is 4.50. The number of ketones is 1. The fraction of sp³-hybridized carbons (Fsp3) is 0.423. The summed E-state index contributed by atoms with van der Waals surface area (Å²) in [5, 5.41) is 11.4. The van der Waals surface area contributed by atoms with Crippen LogP contribution in [0.4, 0.5) is 0 Å². The number of esters is 1. The van der Waals surface area contributed by atoms with Gasteiger partial charge in [-0.1, -0.05) is 21.5 Å². The second-order valence-corrected chi connectivity index (χ2v) is 10.1. The maximum absolute atomic E-state index is 12.8. The topological polar surface area (TPSA) is 91.7 Å². The predicted octanol–water partition coefficient (Wildman–Crippen LogP) is 3.38. The number of hydrogen-bond donors (Lipinski definition) is 2. The SMILES string of the molecule is CNCC1C[C@@H](C(=O)OCC(=O)c2ccc3c(c2)COc2cc4c(cc2-3)CCCC4=N)N(P)C1. The lowest BCUT2D eigenvalue weighted by Gasteiger charge is -2.25. The molecule has 2 aromatic carbocycles. The first-order chi connectivity index (χ1) is 16.4. The maximum Gasteiger partial charge on any atom is 0.324 e. The summed E-state index contributed by atoms with van der Waals surface area (Å²) in [4.78, 5) is 25.4. The van der Waals surface area contributed by atoms with Crippen LogP contribution in [0, 0.1) is 11.3 Å². The van der Waals surface area contributed by atoms with Gasteiger partial charge in [-0.05, 0) is 80.1 Å². The molecule has 0 aromatic heterocycles. The Morgan fingerprint density at radius 2 is 2.03 bits per heavy atom. The van der Waals surface area contributed by atoms with Gasteiger partial charge in [0.1, 0.15) is 18.4 Å². The molecule has 8 heteroatoms. The molecule has 1 fully saturated rings. The molecular formula is C26H30N3O4P. The van der Waals surface area contributed by atoms with Crippen molar-refractivity contribution in [1.29, 1.82) is 5.41 Å². The lowest BCUT2D eigenvalue weighted by atomic mass is 9.85. The summed E-state index contributed by atoms with van der Waals surface area (Å²) >= 11 is 0. The maximum atomic E-state index is 12.8. The molecule has 2 aliphatic heterocycles. The van der Waals surface area contributed by atoms with Crippen LogP contribution in [0.2, 0.25) is 0 Å². The number of fused-ring (bicyclic) bond motifs is 4. The second-order valence-electron chi connectivity index (χ2n) is 9.40. The van der Waals surface area contributed by atoms with E-state index in [1.54, 1.807) is 6.07 Å². The minimum absolute atomic E-state index is 0.221. The van der Waals surface area contributed by atoms with E-state index in [4.69, 9.17) is 14.9 Å². The molecule has 0 bridgehead atoms. The van der Waals surface area contributed by atoms with E-state index in [1.807, 2.05) is 29.9 Å². The molecule has 2 N–H and O–H groups in total. The van der Waals surface area contributed by atoms with E-state index in [0.717, 1.165) is 66.8 Å². The molecule has 0 spiro atoms. The normalized spacial score (nSPS) is 21.3. The van der Waals surface area contributed by atoms with Crippen molar-refractivity contribution in [3.05, 3.63) is 52.6 Å². The molecule has 7 nitrogen and oxygen atoms in total. The minimum Gasteiger partial charge on any atom is -0.488 e. The van der Waals surface area contributed by atoms with E-state index in [9.17, 15) is 9.59 Å². The van der Waals surface area contributed by atoms with Crippen LogP contribution in [0.15, 0.2) is 30.3 Å². The second kappa shape index (κ2) is 9.57. The van der Waals surface area contributed by atoms with E-state index in [2.05, 4.69) is 20.8 Å². The molecule has 3 atom stereocenters. The number of hydrogen-bond acceptors (Lipinski definition) is 7. The van der Waals surface area contributed by atoms with Crippen molar-refractivity contribution in [2.75, 3.05) is 26.7 Å². The van der Waals surface area contributed by atoms with E-state index in [1.165, 1.54) is 5.56 Å². The molecule has 5 rings (SSSR count). The standard InChI is InChI=1S/C26H30N3O4P/c1-28-11-15-7-23(29(34)12-15)26(31)33-14-24(30)17-5-6-19-18(8-17)13-32-25-10-20-16(9-21(19)25)3-2-4-22(20)27/h5-6,8-10,15,23,27-28H,2-4,7,11-14,34H2,1H3/t15?,23-/m0/s1. The molecule has 2 heterocycles. The number of carbonyl (C=O) groups excluding carboxylic acids is 2. The van der Waals surface area contributed by atoms with Crippen molar-refractivity contribution in [2.24, 2.45) is 5.92 Å². The smallest absolute Gasteiger partial charge is 0.324 e. The highest BCUT2D eigenvalue weighted by Crippen LogP contribution is 2.41. The number of nitrogens with zero attached hydrogens (tertiary/aromatic N) is 1. The van der Waals surface area contributed by atoms with Crippen molar-refractivity contribution in [3.63, 3.8) is 0 Å². The Balaban J connectivity index is 1.28. The van der Waals surface area contributed by atoms with Gasteiger partial charge < -0.3 is 20.2 Å². The average Bonchev–Trinajstić information content (AvgIpc) is 3.21. The summed E-state index contributed by atoms with van der Waals surface area (Å²) in [6.07, 6.45) is 3.49. The molecule has 0 radical (unpaired) electrons. The first kappa shape index (κ1) is 23.2. The average molecular weight is 480 g/mol. The summed E-state index contributed by atoms with van der Waals surface area (Å²) in [5.41, 5.74) is 6.37. The molecule has 2 unspecified atom stereocenters. The third kappa shape index (κ3) is 4.40. The van der Waals surface area contributed by atoms with Gasteiger partial charge in [-0.3, -0.25) is 14.3 Å². The van der Waals surface area contributed by atoms with E-state index in [-0.39, 0.29) is 24.4 Å². The first-order valence-corrected chi connectivity index (χ1v) is 12.3. The van der Waals surface area contributed by atoms with Crippen molar-refractivity contribution >= 4 is 26.9 Å². The highest BCUT2D eigenvalue weighted by Gasteiger charge is 2.35. The third-order valence-corrected chi connectivity index (χ3v) is 7.61. The summed E-state index contributed by atoms with van der Waals surface area (Å²) in [6.45, 7) is 1.75. The van der Waals surface area contributed by atoms with Gasteiger partial charge in [0.15, 0.2) is 12.4 Å². The Hall–Kier alpha value is -2.60. The van der Waals surface area contributed by atoms with Crippen LogP contribution < -0.4 is 10.1 Å². The Labute approximate surface area is 202 Å². The largest absolute Gasteiger partial charge is 0.488 e. The number of Topliss-reactive ketones (excluding diaryl/α,β-unsaturated/α-hetero) is 1. The quantitative estimate of drug-likeness (QED) is 0.375. The molecule has 34 heavy (non-hydrogen) atoms. The first-order valence-electron chi connectivity index (χ1n) is 11.8. The van der Waals surface area contributed by atoms with Crippen molar-refractivity contribution < 1.29 is 19.1 Å². The molecular weight excluding hydrogens is 449 g/mol. The summed E-state index contributed by atoms with van der Waals surface area (Å²) in [5.74, 6) is 0.602. The zero-order valence-corrected chi connectivity index (χ0v) is 20.5. The van der Waals surface area contributed by atoms with Crippen molar-refractivity contribution in [1.82, 2.24) is 9.99 Å². The van der Waals surface area contributed by atoms with Gasteiger partial charge in [-0.25, -0.2) is 0 Å². The fourth-order valence-electron chi connectivity index (χ4n) is 5.27. The number of aryl methyl sites for hydroxylation is 1. The van der Waals surface area contributed by atoms with Crippen LogP contribution in [-0.2, 0) is 22.6 Å². The van der Waals surface area contributed by atoms with Gasteiger partial charge in [-0.2, -0.15) is 0 Å². The number of rotatable bonds is 6. The number of ether oxygens (including phenoxy) is 2. The lowest BCUT2D eigenvalue weighted by molar-refractivity contribution is -0.146. The Morgan fingerprint density at radius 3 is 2.85 bits per heavy atom. The van der Waals surface area contributed by atoms with Gasteiger partial charge in [0, 0.05) is 28.9 Å². The highest BCUT2D eigenvalue weighted by molar-refractivity contribution is 7.13.